The lowest BCUT2D eigenvalue weighted by Gasteiger charge is -2.10. The molecule has 1 aliphatic rings. The van der Waals surface area contributed by atoms with Gasteiger partial charge in [-0.15, -0.1) is 0 Å². The maximum Gasteiger partial charge on any atom is 0.337 e. The van der Waals surface area contributed by atoms with Crippen molar-refractivity contribution in [3.05, 3.63) is 163 Å². The van der Waals surface area contributed by atoms with E-state index in [1.165, 1.54) is 51.0 Å². The van der Waals surface area contributed by atoms with E-state index < -0.39 is 0 Å². The van der Waals surface area contributed by atoms with Gasteiger partial charge in [-0.25, -0.2) is 9.59 Å². The summed E-state index contributed by atoms with van der Waals surface area (Å²) in [6.45, 7) is 4.48. The van der Waals surface area contributed by atoms with Crippen LogP contribution in [0.15, 0.2) is 97.1 Å². The van der Waals surface area contributed by atoms with Gasteiger partial charge in [-0.2, -0.15) is 0 Å². The first-order valence-corrected chi connectivity index (χ1v) is 20.0. The molecule has 0 saturated heterocycles. The summed E-state index contributed by atoms with van der Waals surface area (Å²) in [5.74, 6) is -0.717. The molecule has 8 bridgehead atoms. The SMILES string of the molecule is CCCCCCC1=c2ccc([nH]2)=C(c2ccc(C(=O)OC)cc2)c2ccc([nH]2)C(CCCCCC)=c2ccc([nH]2)=C(c2ccc(C(=O)OC)cc2)c2ccc1[nH]2. The molecule has 56 heavy (non-hydrogen) atoms. The Morgan fingerprint density at radius 2 is 0.804 bits per heavy atom. The molecule has 0 fully saturated rings. The monoisotopic (exact) mass is 748 g/mol. The van der Waals surface area contributed by atoms with Crippen LogP contribution in [-0.2, 0) is 9.47 Å². The Bertz CT molecular complexity index is 2380. The maximum absolute atomic E-state index is 12.4. The van der Waals surface area contributed by atoms with Gasteiger partial charge in [0.15, 0.2) is 0 Å². The zero-order chi connectivity index (χ0) is 39.0. The fourth-order valence-corrected chi connectivity index (χ4v) is 7.85. The summed E-state index contributed by atoms with van der Waals surface area (Å²) in [6.07, 6.45) is 11.0. The van der Waals surface area contributed by atoms with Gasteiger partial charge in [0.05, 0.1) is 25.3 Å². The van der Waals surface area contributed by atoms with Crippen molar-refractivity contribution in [2.24, 2.45) is 0 Å². The van der Waals surface area contributed by atoms with Crippen molar-refractivity contribution >= 4 is 34.2 Å². The molecule has 288 valence electrons. The van der Waals surface area contributed by atoms with Crippen molar-refractivity contribution in [2.45, 2.75) is 78.1 Å². The summed E-state index contributed by atoms with van der Waals surface area (Å²) < 4.78 is 10.0. The average Bonchev–Trinajstić information content (AvgIpc) is 4.08. The second-order valence-corrected chi connectivity index (χ2v) is 14.6. The number of esters is 2. The number of ether oxygens (including phenoxy) is 2. The van der Waals surface area contributed by atoms with Gasteiger partial charge in [0.2, 0.25) is 0 Å². The second kappa shape index (κ2) is 17.6. The number of hydrogen-bond acceptors (Lipinski definition) is 4. The first-order valence-electron chi connectivity index (χ1n) is 20.0. The standard InChI is InChI=1S/C48H52N4O4/c1-5-7-9-11-13-35-37-23-27-41(49-37)45(31-15-19-33(20-16-31)47(53)55-3)43-29-25-39(51-43)36(14-12-10-8-6-2)40-26-30-44(52-40)46(42-28-24-38(35)50-42)32-17-21-34(22-18-32)48(54)56-4/h15-30,49-52H,5-14H2,1-4H3. The second-order valence-electron chi connectivity index (χ2n) is 14.6. The van der Waals surface area contributed by atoms with Crippen LogP contribution >= 0.6 is 0 Å². The Labute approximate surface area is 328 Å². The third kappa shape index (κ3) is 8.15. The van der Waals surface area contributed by atoms with Gasteiger partial charge in [-0.05, 0) is 121 Å². The van der Waals surface area contributed by atoms with Gasteiger partial charge in [0.1, 0.15) is 0 Å². The molecule has 4 N–H and O–H groups in total. The van der Waals surface area contributed by atoms with Crippen LogP contribution in [0.2, 0.25) is 0 Å². The van der Waals surface area contributed by atoms with Crippen molar-refractivity contribution in [1.82, 2.24) is 19.9 Å². The predicted molar refractivity (Wildman–Crippen MR) is 223 cm³/mol. The predicted octanol–water partition coefficient (Wildman–Crippen LogP) is 7.72. The molecule has 6 aromatic rings. The number of carbonyl (C=O) groups excluding carboxylic acids is 2. The summed E-state index contributed by atoms with van der Waals surface area (Å²) >= 11 is 0. The Hall–Kier alpha value is -6.02. The number of aromatic amines is 4. The summed E-state index contributed by atoms with van der Waals surface area (Å²) in [5.41, 5.74) is 11.5. The van der Waals surface area contributed by atoms with Crippen molar-refractivity contribution in [1.29, 1.82) is 0 Å². The zero-order valence-electron chi connectivity index (χ0n) is 32.9. The van der Waals surface area contributed by atoms with Crippen LogP contribution in [0, 0.1) is 0 Å². The minimum Gasteiger partial charge on any atom is -0.465 e. The third-order valence-corrected chi connectivity index (χ3v) is 10.9. The van der Waals surface area contributed by atoms with Crippen LogP contribution in [-0.4, -0.2) is 46.1 Å². The Kier molecular flexibility index (Phi) is 12.0. The van der Waals surface area contributed by atoms with E-state index in [0.29, 0.717) is 11.1 Å². The number of benzene rings is 2. The molecule has 7 rings (SSSR count). The number of fused-ring (bicyclic) bond motifs is 8. The number of aromatic nitrogens is 4. The zero-order valence-corrected chi connectivity index (χ0v) is 32.9. The van der Waals surface area contributed by atoms with Crippen molar-refractivity contribution in [2.75, 3.05) is 14.2 Å². The van der Waals surface area contributed by atoms with E-state index in [-0.39, 0.29) is 11.9 Å². The highest BCUT2D eigenvalue weighted by Crippen LogP contribution is 2.27. The first kappa shape index (κ1) is 38.3. The smallest absolute Gasteiger partial charge is 0.337 e. The maximum atomic E-state index is 12.4. The van der Waals surface area contributed by atoms with Crippen LogP contribution in [0.1, 0.15) is 133 Å². The van der Waals surface area contributed by atoms with E-state index in [9.17, 15) is 9.59 Å². The summed E-state index contributed by atoms with van der Waals surface area (Å²) in [4.78, 5) is 40.1. The normalized spacial score (nSPS) is 12.6. The molecule has 8 nitrogen and oxygen atoms in total. The van der Waals surface area contributed by atoms with Crippen molar-refractivity contribution < 1.29 is 19.1 Å². The van der Waals surface area contributed by atoms with E-state index in [1.807, 2.05) is 48.5 Å². The molecule has 1 aliphatic heterocycles. The van der Waals surface area contributed by atoms with E-state index in [0.717, 1.165) is 105 Å². The third-order valence-electron chi connectivity index (χ3n) is 10.9. The molecule has 4 aromatic heterocycles. The van der Waals surface area contributed by atoms with Gasteiger partial charge in [-0.3, -0.25) is 0 Å². The Morgan fingerprint density at radius 3 is 1.18 bits per heavy atom. The highest BCUT2D eigenvalue weighted by molar-refractivity contribution is 5.91. The quantitative estimate of drug-likeness (QED) is 0.0675. The average molecular weight is 749 g/mol. The highest BCUT2D eigenvalue weighted by Gasteiger charge is 2.18. The van der Waals surface area contributed by atoms with Gasteiger partial charge >= 0.3 is 11.9 Å². The molecule has 2 aromatic carbocycles. The topological polar surface area (TPSA) is 116 Å². The van der Waals surface area contributed by atoms with E-state index >= 15 is 0 Å². The lowest BCUT2D eigenvalue weighted by molar-refractivity contribution is 0.0592. The Balaban J connectivity index is 1.50. The van der Waals surface area contributed by atoms with Crippen LogP contribution in [0.5, 0.6) is 0 Å². The van der Waals surface area contributed by atoms with Gasteiger partial charge < -0.3 is 29.4 Å². The fourth-order valence-electron chi connectivity index (χ4n) is 7.85. The van der Waals surface area contributed by atoms with Crippen LogP contribution < -0.4 is 21.4 Å². The van der Waals surface area contributed by atoms with Gasteiger partial charge in [0, 0.05) is 55.3 Å². The lowest BCUT2D eigenvalue weighted by Crippen LogP contribution is -2.18. The van der Waals surface area contributed by atoms with Crippen LogP contribution in [0.25, 0.3) is 22.3 Å². The molecule has 0 unspecified atom stereocenters. The number of methoxy groups -OCH3 is 2. The summed E-state index contributed by atoms with van der Waals surface area (Å²) in [7, 11) is 2.81. The fraction of sp³-hybridized carbons (Fsp3) is 0.292. The lowest BCUT2D eigenvalue weighted by atomic mass is 10.0. The van der Waals surface area contributed by atoms with E-state index in [2.05, 4.69) is 82.3 Å². The molecule has 5 heterocycles. The molecule has 0 radical (unpaired) electrons. The molecule has 0 amide bonds. The number of H-pyrrole nitrogens is 4. The minimum atomic E-state index is -0.359. The number of hydrogen-bond donors (Lipinski definition) is 4. The molecular formula is C48H52N4O4. The van der Waals surface area contributed by atoms with Crippen molar-refractivity contribution in [3.63, 3.8) is 0 Å². The molecule has 0 spiro atoms. The molecular weight excluding hydrogens is 697 g/mol. The molecule has 0 saturated carbocycles. The molecule has 8 heteroatoms. The van der Waals surface area contributed by atoms with E-state index in [4.69, 9.17) is 9.47 Å². The first-order chi connectivity index (χ1) is 27.4. The van der Waals surface area contributed by atoms with Crippen molar-refractivity contribution in [3.8, 4) is 0 Å². The molecule has 0 atom stereocenters. The number of rotatable bonds is 14. The Morgan fingerprint density at radius 1 is 0.429 bits per heavy atom. The number of nitrogens with one attached hydrogen (secondary N) is 4. The number of unbranched alkanes of at least 4 members (excludes halogenated alkanes) is 6. The van der Waals surface area contributed by atoms with E-state index in [1.54, 1.807) is 0 Å². The van der Waals surface area contributed by atoms with Crippen LogP contribution in [0.3, 0.4) is 0 Å². The summed E-state index contributed by atoms with van der Waals surface area (Å²) in [5, 5.41) is 4.08. The van der Waals surface area contributed by atoms with Gasteiger partial charge in [0.25, 0.3) is 0 Å². The minimum absolute atomic E-state index is 0.359. The van der Waals surface area contributed by atoms with Gasteiger partial charge in [-0.1, -0.05) is 76.6 Å². The molecule has 0 aliphatic carbocycles. The number of carbonyl (C=O) groups is 2. The summed E-state index contributed by atoms with van der Waals surface area (Å²) in [6, 6.07) is 32.7. The van der Waals surface area contributed by atoms with Crippen LogP contribution in [0.4, 0.5) is 0 Å². The largest absolute Gasteiger partial charge is 0.465 e. The highest BCUT2D eigenvalue weighted by atomic mass is 16.5.